The van der Waals surface area contributed by atoms with Crippen molar-refractivity contribution in [1.82, 2.24) is 0 Å². The molecule has 0 aromatic carbocycles. The van der Waals surface area contributed by atoms with Gasteiger partial charge in [-0.3, -0.25) is 0 Å². The predicted octanol–water partition coefficient (Wildman–Crippen LogP) is 2.00. The molecule has 6 heteroatoms. The van der Waals surface area contributed by atoms with Crippen LogP contribution in [0.5, 0.6) is 0 Å². The SMILES string of the molecule is C=CC(=C)CC/C=C(\C)CC/C=C(\C)COC1O[C@H](CO)[C@@H](O)[C@H](O)[C@H]1O. The first-order valence-corrected chi connectivity index (χ1v) is 9.33. The number of rotatable bonds is 11. The van der Waals surface area contributed by atoms with Crippen LogP contribution in [0.1, 0.15) is 39.5 Å². The molecular weight excluding hydrogens is 348 g/mol. The molecule has 27 heavy (non-hydrogen) atoms. The maximum atomic E-state index is 9.94. The Kier molecular flexibility index (Phi) is 10.8. The van der Waals surface area contributed by atoms with Crippen LogP contribution < -0.4 is 0 Å². The number of hydrogen-bond donors (Lipinski definition) is 4. The lowest BCUT2D eigenvalue weighted by molar-refractivity contribution is -0.299. The summed E-state index contributed by atoms with van der Waals surface area (Å²) in [7, 11) is 0. The number of allylic oxidation sites excluding steroid dienone is 5. The van der Waals surface area contributed by atoms with E-state index in [9.17, 15) is 20.4 Å². The molecule has 1 fully saturated rings. The third kappa shape index (κ3) is 8.09. The molecule has 4 N–H and O–H groups in total. The van der Waals surface area contributed by atoms with Crippen LogP contribution in [-0.4, -0.2) is 64.3 Å². The average molecular weight is 382 g/mol. The van der Waals surface area contributed by atoms with Gasteiger partial charge in [-0.05, 0) is 39.5 Å². The van der Waals surface area contributed by atoms with Crippen LogP contribution in [0.2, 0.25) is 0 Å². The fourth-order valence-corrected chi connectivity index (χ4v) is 2.73. The molecule has 1 aliphatic rings. The third-order valence-electron chi connectivity index (χ3n) is 4.60. The second kappa shape index (κ2) is 12.2. The Labute approximate surface area is 162 Å². The molecule has 5 atom stereocenters. The highest BCUT2D eigenvalue weighted by Crippen LogP contribution is 2.22. The molecule has 0 spiro atoms. The number of aliphatic hydroxyl groups is 4. The highest BCUT2D eigenvalue weighted by atomic mass is 16.7. The largest absolute Gasteiger partial charge is 0.394 e. The molecule has 0 aliphatic carbocycles. The zero-order valence-electron chi connectivity index (χ0n) is 16.4. The van der Waals surface area contributed by atoms with Gasteiger partial charge in [-0.25, -0.2) is 0 Å². The second-order valence-corrected chi connectivity index (χ2v) is 7.05. The van der Waals surface area contributed by atoms with Crippen LogP contribution >= 0.6 is 0 Å². The summed E-state index contributed by atoms with van der Waals surface area (Å²) in [5, 5.41) is 38.6. The van der Waals surface area contributed by atoms with Gasteiger partial charge in [0.05, 0.1) is 13.2 Å². The van der Waals surface area contributed by atoms with Crippen LogP contribution in [-0.2, 0) is 9.47 Å². The molecule has 0 amide bonds. The summed E-state index contributed by atoms with van der Waals surface area (Å²) in [5.41, 5.74) is 3.32. The van der Waals surface area contributed by atoms with Crippen molar-refractivity contribution in [3.8, 4) is 0 Å². The Hall–Kier alpha value is -1.28. The molecule has 1 unspecified atom stereocenters. The highest BCUT2D eigenvalue weighted by molar-refractivity contribution is 5.12. The molecule has 0 saturated carbocycles. The van der Waals surface area contributed by atoms with Gasteiger partial charge < -0.3 is 29.9 Å². The highest BCUT2D eigenvalue weighted by Gasteiger charge is 2.43. The zero-order valence-corrected chi connectivity index (χ0v) is 16.4. The van der Waals surface area contributed by atoms with Crippen LogP contribution in [0.3, 0.4) is 0 Å². The van der Waals surface area contributed by atoms with Gasteiger partial charge in [0.25, 0.3) is 0 Å². The first-order chi connectivity index (χ1) is 12.8. The fraction of sp³-hybridized carbons (Fsp3) is 0.619. The molecular formula is C21H34O6. The fourth-order valence-electron chi connectivity index (χ4n) is 2.73. The minimum atomic E-state index is -1.42. The summed E-state index contributed by atoms with van der Waals surface area (Å²) < 4.78 is 10.8. The van der Waals surface area contributed by atoms with Crippen LogP contribution in [0.4, 0.5) is 0 Å². The maximum Gasteiger partial charge on any atom is 0.187 e. The van der Waals surface area contributed by atoms with E-state index in [-0.39, 0.29) is 6.61 Å². The van der Waals surface area contributed by atoms with Crippen molar-refractivity contribution in [1.29, 1.82) is 0 Å². The molecule has 0 bridgehead atoms. The summed E-state index contributed by atoms with van der Waals surface area (Å²) in [6.07, 6.45) is 3.53. The van der Waals surface area contributed by atoms with Gasteiger partial charge in [-0.2, -0.15) is 0 Å². The van der Waals surface area contributed by atoms with Crippen molar-refractivity contribution in [2.75, 3.05) is 13.2 Å². The Morgan fingerprint density at radius 1 is 1.00 bits per heavy atom. The van der Waals surface area contributed by atoms with Crippen molar-refractivity contribution < 1.29 is 29.9 Å². The van der Waals surface area contributed by atoms with E-state index < -0.39 is 37.3 Å². The van der Waals surface area contributed by atoms with E-state index in [0.29, 0.717) is 0 Å². The van der Waals surface area contributed by atoms with Gasteiger partial charge in [-0.15, -0.1) is 0 Å². The minimum absolute atomic E-state index is 0.227. The van der Waals surface area contributed by atoms with Gasteiger partial charge in [-0.1, -0.05) is 48.1 Å². The molecule has 1 heterocycles. The van der Waals surface area contributed by atoms with Crippen molar-refractivity contribution >= 4 is 0 Å². The van der Waals surface area contributed by atoms with E-state index >= 15 is 0 Å². The smallest absolute Gasteiger partial charge is 0.187 e. The predicted molar refractivity (Wildman–Crippen MR) is 105 cm³/mol. The quantitative estimate of drug-likeness (QED) is 0.322. The number of ether oxygens (including phenoxy) is 2. The molecule has 1 saturated heterocycles. The normalized spacial score (nSPS) is 29.6. The lowest BCUT2D eigenvalue weighted by Gasteiger charge is -2.39. The lowest BCUT2D eigenvalue weighted by atomic mass is 9.99. The van der Waals surface area contributed by atoms with Gasteiger partial charge in [0.15, 0.2) is 6.29 Å². The number of aliphatic hydroxyl groups excluding tert-OH is 4. The summed E-state index contributed by atoms with van der Waals surface area (Å²) in [6.45, 7) is 11.4. The van der Waals surface area contributed by atoms with Crippen molar-refractivity contribution in [3.63, 3.8) is 0 Å². The van der Waals surface area contributed by atoms with Crippen molar-refractivity contribution in [2.24, 2.45) is 0 Å². The van der Waals surface area contributed by atoms with Crippen LogP contribution in [0.25, 0.3) is 0 Å². The van der Waals surface area contributed by atoms with Gasteiger partial charge in [0.1, 0.15) is 24.4 Å². The van der Waals surface area contributed by atoms with E-state index in [2.05, 4.69) is 32.2 Å². The molecule has 1 rings (SSSR count). The van der Waals surface area contributed by atoms with Gasteiger partial charge in [0.2, 0.25) is 0 Å². The summed E-state index contributed by atoms with van der Waals surface area (Å²) in [5.74, 6) is 0. The van der Waals surface area contributed by atoms with E-state index in [4.69, 9.17) is 9.47 Å². The van der Waals surface area contributed by atoms with E-state index in [1.165, 1.54) is 5.57 Å². The Balaban J connectivity index is 2.38. The molecule has 0 radical (unpaired) electrons. The zero-order chi connectivity index (χ0) is 20.4. The van der Waals surface area contributed by atoms with E-state index in [1.54, 1.807) is 6.08 Å². The van der Waals surface area contributed by atoms with E-state index in [1.807, 2.05) is 6.92 Å². The molecule has 6 nitrogen and oxygen atoms in total. The molecule has 0 aromatic heterocycles. The summed E-state index contributed by atoms with van der Waals surface area (Å²) in [4.78, 5) is 0. The standard InChI is InChI=1S/C21H34O6/c1-5-14(2)8-6-9-15(3)10-7-11-16(4)13-26-21-20(25)19(24)18(23)17(12-22)27-21/h5,9,11,17-25H,1-2,6-8,10,12-13H2,3-4H3/b15-9+,16-11+/t17-,18-,19+,20-,21?/m1/s1. The van der Waals surface area contributed by atoms with Crippen molar-refractivity contribution in [3.05, 3.63) is 48.1 Å². The Morgan fingerprint density at radius 2 is 1.63 bits per heavy atom. The lowest BCUT2D eigenvalue weighted by Crippen LogP contribution is -2.59. The monoisotopic (exact) mass is 382 g/mol. The molecule has 1 aliphatic heterocycles. The first kappa shape index (κ1) is 23.8. The van der Waals surface area contributed by atoms with Gasteiger partial charge in [0, 0.05) is 0 Å². The number of hydrogen-bond acceptors (Lipinski definition) is 6. The van der Waals surface area contributed by atoms with Gasteiger partial charge >= 0.3 is 0 Å². The van der Waals surface area contributed by atoms with Crippen LogP contribution in [0.15, 0.2) is 48.1 Å². The Morgan fingerprint density at radius 3 is 2.26 bits per heavy atom. The van der Waals surface area contributed by atoms with Crippen LogP contribution in [0, 0.1) is 0 Å². The molecule has 154 valence electrons. The topological polar surface area (TPSA) is 99.4 Å². The first-order valence-electron chi connectivity index (χ1n) is 9.33. The molecule has 0 aromatic rings. The Bertz CT molecular complexity index is 537. The van der Waals surface area contributed by atoms with Crippen molar-refractivity contribution in [2.45, 2.75) is 70.2 Å². The third-order valence-corrected chi connectivity index (χ3v) is 4.60. The second-order valence-electron chi connectivity index (χ2n) is 7.05. The van der Waals surface area contributed by atoms with E-state index in [0.717, 1.165) is 36.8 Å². The summed E-state index contributed by atoms with van der Waals surface area (Å²) in [6, 6.07) is 0. The summed E-state index contributed by atoms with van der Waals surface area (Å²) >= 11 is 0. The minimum Gasteiger partial charge on any atom is -0.394 e. The maximum absolute atomic E-state index is 9.94. The average Bonchev–Trinajstić information content (AvgIpc) is 2.65.